The van der Waals surface area contributed by atoms with Gasteiger partial charge in [0.2, 0.25) is 5.91 Å². The van der Waals surface area contributed by atoms with Crippen LogP contribution in [0.15, 0.2) is 42.6 Å². The van der Waals surface area contributed by atoms with E-state index >= 15 is 0 Å². The van der Waals surface area contributed by atoms with Crippen LogP contribution in [0.4, 0.5) is 5.82 Å². The zero-order valence-electron chi connectivity index (χ0n) is 11.6. The minimum absolute atomic E-state index is 0.0194. The van der Waals surface area contributed by atoms with Crippen molar-refractivity contribution in [3.05, 3.63) is 48.2 Å². The SMILES string of the molecule is COc1ccc(C2CC2C(=O)Nc2ccc(O)cn2)cc1. The second kappa shape index (κ2) is 5.44. The van der Waals surface area contributed by atoms with Crippen molar-refractivity contribution < 1.29 is 14.6 Å². The number of carbonyl (C=O) groups is 1. The number of methoxy groups -OCH3 is 1. The van der Waals surface area contributed by atoms with E-state index in [0.29, 0.717) is 5.82 Å². The van der Waals surface area contributed by atoms with Crippen molar-refractivity contribution in [3.63, 3.8) is 0 Å². The number of hydrogen-bond donors (Lipinski definition) is 2. The molecule has 0 spiro atoms. The topological polar surface area (TPSA) is 71.5 Å². The molecule has 5 nitrogen and oxygen atoms in total. The molecule has 2 unspecified atom stereocenters. The number of amides is 1. The van der Waals surface area contributed by atoms with Gasteiger partial charge >= 0.3 is 0 Å². The van der Waals surface area contributed by atoms with Gasteiger partial charge in [-0.2, -0.15) is 0 Å². The predicted molar refractivity (Wildman–Crippen MR) is 78.4 cm³/mol. The van der Waals surface area contributed by atoms with Gasteiger partial charge < -0.3 is 15.2 Å². The number of rotatable bonds is 4. The van der Waals surface area contributed by atoms with Crippen molar-refractivity contribution in [1.29, 1.82) is 0 Å². The second-order valence-electron chi connectivity index (χ2n) is 5.11. The Balaban J connectivity index is 1.61. The van der Waals surface area contributed by atoms with Crippen LogP contribution in [0.1, 0.15) is 17.9 Å². The van der Waals surface area contributed by atoms with Gasteiger partial charge in [0, 0.05) is 5.92 Å². The maximum atomic E-state index is 12.1. The molecular weight excluding hydrogens is 268 g/mol. The Kier molecular flexibility index (Phi) is 3.48. The number of hydrogen-bond acceptors (Lipinski definition) is 4. The van der Waals surface area contributed by atoms with E-state index < -0.39 is 0 Å². The van der Waals surface area contributed by atoms with E-state index in [1.165, 1.54) is 12.3 Å². The quantitative estimate of drug-likeness (QED) is 0.905. The van der Waals surface area contributed by atoms with Crippen molar-refractivity contribution in [3.8, 4) is 11.5 Å². The van der Waals surface area contributed by atoms with Gasteiger partial charge in [-0.05, 0) is 42.2 Å². The standard InChI is InChI=1S/C16H16N2O3/c1-21-12-5-2-10(3-6-12)13-8-14(13)16(20)18-15-7-4-11(19)9-17-15/h2-7,9,13-14,19H,8H2,1H3,(H,17,18,20). The molecule has 2 atom stereocenters. The van der Waals surface area contributed by atoms with Crippen LogP contribution < -0.4 is 10.1 Å². The molecule has 1 aliphatic rings. The number of carbonyl (C=O) groups excluding carboxylic acids is 1. The summed E-state index contributed by atoms with van der Waals surface area (Å²) in [7, 11) is 1.63. The molecule has 0 bridgehead atoms. The minimum Gasteiger partial charge on any atom is -0.506 e. The summed E-state index contributed by atoms with van der Waals surface area (Å²) in [5, 5.41) is 11.9. The number of ether oxygens (including phenoxy) is 1. The van der Waals surface area contributed by atoms with Gasteiger partial charge in [-0.15, -0.1) is 0 Å². The Labute approximate surface area is 122 Å². The molecule has 1 aromatic heterocycles. The highest BCUT2D eigenvalue weighted by atomic mass is 16.5. The summed E-state index contributed by atoms with van der Waals surface area (Å²) in [4.78, 5) is 16.1. The molecule has 1 fully saturated rings. The summed E-state index contributed by atoms with van der Waals surface area (Å²) in [6, 6.07) is 10.9. The van der Waals surface area contributed by atoms with E-state index in [1.54, 1.807) is 13.2 Å². The molecule has 0 saturated heterocycles. The summed E-state index contributed by atoms with van der Waals surface area (Å²) in [6.07, 6.45) is 2.15. The Morgan fingerprint density at radius 1 is 1.29 bits per heavy atom. The highest BCUT2D eigenvalue weighted by molar-refractivity contribution is 5.94. The highest BCUT2D eigenvalue weighted by Gasteiger charge is 2.43. The lowest BCUT2D eigenvalue weighted by molar-refractivity contribution is -0.117. The third-order valence-corrected chi connectivity index (χ3v) is 3.67. The predicted octanol–water partition coefficient (Wildman–Crippen LogP) is 2.54. The zero-order valence-corrected chi connectivity index (χ0v) is 11.6. The van der Waals surface area contributed by atoms with Crippen molar-refractivity contribution >= 4 is 11.7 Å². The van der Waals surface area contributed by atoms with Gasteiger partial charge in [-0.1, -0.05) is 12.1 Å². The lowest BCUT2D eigenvalue weighted by Crippen LogP contribution is -2.15. The summed E-state index contributed by atoms with van der Waals surface area (Å²) < 4.78 is 5.12. The minimum atomic E-state index is -0.0333. The summed E-state index contributed by atoms with van der Waals surface area (Å²) in [6.45, 7) is 0. The lowest BCUT2D eigenvalue weighted by atomic mass is 10.1. The van der Waals surface area contributed by atoms with Crippen LogP contribution in [0.2, 0.25) is 0 Å². The Morgan fingerprint density at radius 3 is 2.67 bits per heavy atom. The van der Waals surface area contributed by atoms with Crippen molar-refractivity contribution in [1.82, 2.24) is 4.98 Å². The average molecular weight is 284 g/mol. The zero-order chi connectivity index (χ0) is 14.8. The van der Waals surface area contributed by atoms with Gasteiger partial charge in [0.05, 0.1) is 13.3 Å². The molecule has 1 amide bonds. The molecule has 1 heterocycles. The monoisotopic (exact) mass is 284 g/mol. The van der Waals surface area contributed by atoms with E-state index in [0.717, 1.165) is 17.7 Å². The van der Waals surface area contributed by atoms with Crippen molar-refractivity contribution in [2.24, 2.45) is 5.92 Å². The van der Waals surface area contributed by atoms with Gasteiger partial charge in [-0.25, -0.2) is 4.98 Å². The molecule has 0 aliphatic heterocycles. The van der Waals surface area contributed by atoms with Crippen LogP contribution in [0.25, 0.3) is 0 Å². The summed E-state index contributed by atoms with van der Waals surface area (Å²) in [5.41, 5.74) is 1.15. The molecular formula is C16H16N2O3. The maximum Gasteiger partial charge on any atom is 0.229 e. The van der Waals surface area contributed by atoms with Crippen LogP contribution in [0, 0.1) is 5.92 Å². The number of anilines is 1. The molecule has 1 saturated carbocycles. The van der Waals surface area contributed by atoms with E-state index in [4.69, 9.17) is 9.84 Å². The number of nitrogens with zero attached hydrogens (tertiary/aromatic N) is 1. The van der Waals surface area contributed by atoms with Crippen molar-refractivity contribution in [2.45, 2.75) is 12.3 Å². The number of aromatic hydroxyl groups is 1. The van der Waals surface area contributed by atoms with Gasteiger partial charge in [0.25, 0.3) is 0 Å². The summed E-state index contributed by atoms with van der Waals surface area (Å²) in [5.74, 6) is 1.55. The molecule has 108 valence electrons. The third-order valence-electron chi connectivity index (χ3n) is 3.67. The fourth-order valence-corrected chi connectivity index (χ4v) is 2.38. The van der Waals surface area contributed by atoms with Crippen LogP contribution in [0.3, 0.4) is 0 Å². The molecule has 2 N–H and O–H groups in total. The van der Waals surface area contributed by atoms with E-state index in [2.05, 4.69) is 10.3 Å². The fraction of sp³-hybridized carbons (Fsp3) is 0.250. The molecule has 0 radical (unpaired) electrons. The van der Waals surface area contributed by atoms with Crippen LogP contribution in [-0.2, 0) is 4.79 Å². The maximum absolute atomic E-state index is 12.1. The van der Waals surface area contributed by atoms with Gasteiger partial charge in [0.1, 0.15) is 17.3 Å². The Morgan fingerprint density at radius 2 is 2.05 bits per heavy atom. The third kappa shape index (κ3) is 2.97. The van der Waals surface area contributed by atoms with Crippen LogP contribution >= 0.6 is 0 Å². The van der Waals surface area contributed by atoms with E-state index in [-0.39, 0.29) is 23.5 Å². The van der Waals surface area contributed by atoms with Crippen molar-refractivity contribution in [2.75, 3.05) is 12.4 Å². The Hall–Kier alpha value is -2.56. The number of aromatic nitrogens is 1. The normalized spacial score (nSPS) is 19.9. The first-order chi connectivity index (χ1) is 10.2. The number of nitrogens with one attached hydrogen (secondary N) is 1. The summed E-state index contributed by atoms with van der Waals surface area (Å²) >= 11 is 0. The molecule has 3 rings (SSSR count). The molecule has 21 heavy (non-hydrogen) atoms. The lowest BCUT2D eigenvalue weighted by Gasteiger charge is -2.05. The smallest absolute Gasteiger partial charge is 0.229 e. The van der Waals surface area contributed by atoms with E-state index in [1.807, 2.05) is 24.3 Å². The second-order valence-corrected chi connectivity index (χ2v) is 5.11. The number of pyridine rings is 1. The molecule has 5 heteroatoms. The first kappa shape index (κ1) is 13.4. The molecule has 1 aliphatic carbocycles. The molecule has 2 aromatic rings. The van der Waals surface area contributed by atoms with Crippen LogP contribution in [-0.4, -0.2) is 23.1 Å². The van der Waals surface area contributed by atoms with Crippen LogP contribution in [0.5, 0.6) is 11.5 Å². The van der Waals surface area contributed by atoms with Gasteiger partial charge in [0.15, 0.2) is 0 Å². The average Bonchev–Trinajstić information content (AvgIpc) is 3.30. The fourth-order valence-electron chi connectivity index (χ4n) is 2.38. The Bertz CT molecular complexity index is 638. The van der Waals surface area contributed by atoms with E-state index in [9.17, 15) is 4.79 Å². The van der Waals surface area contributed by atoms with Gasteiger partial charge in [-0.3, -0.25) is 4.79 Å². The first-order valence-electron chi connectivity index (χ1n) is 6.77. The molecule has 1 aromatic carbocycles. The number of benzene rings is 1. The highest BCUT2D eigenvalue weighted by Crippen LogP contribution is 2.48. The first-order valence-corrected chi connectivity index (χ1v) is 6.77. The largest absolute Gasteiger partial charge is 0.506 e.